The third-order valence-corrected chi connectivity index (χ3v) is 0. The molecule has 0 unspecified atom stereocenters. The van der Waals surface area contributed by atoms with Gasteiger partial charge in [-0.05, 0) is 0 Å². The molecule has 0 aliphatic heterocycles. The molecule has 0 aliphatic rings. The van der Waals surface area contributed by atoms with Crippen molar-refractivity contribution in [2.45, 2.75) is 0 Å². The Bertz CT molecular complexity index is 6.00. The van der Waals surface area contributed by atoms with Gasteiger partial charge in [-0.3, -0.25) is 0 Å². The Labute approximate surface area is 95.4 Å². The van der Waals surface area contributed by atoms with Gasteiger partial charge in [-0.15, -0.1) is 0 Å². The largest absolute Gasteiger partial charge is 3.00 e. The van der Waals surface area contributed by atoms with Crippen LogP contribution in [-0.2, 0) is 11.0 Å². The summed E-state index contributed by atoms with van der Waals surface area (Å²) in [6.45, 7) is 0. The molecule has 0 radical (unpaired) electrons. The van der Waals surface area contributed by atoms with E-state index in [-0.39, 0.29) is 97.9 Å². The van der Waals surface area contributed by atoms with Gasteiger partial charge in [0.1, 0.15) is 0 Å². The smallest absolute Gasteiger partial charge is 2.00 e. The minimum Gasteiger partial charge on any atom is -2.00 e. The molecule has 16 valence electrons. The maximum atomic E-state index is 0. The molecule has 0 bridgehead atoms. The van der Waals surface area contributed by atoms with Crippen molar-refractivity contribution in [1.29, 1.82) is 0 Å². The molecule has 0 saturated carbocycles. The summed E-state index contributed by atoms with van der Waals surface area (Å²) in [4.78, 5) is 0. The molecule has 0 aliphatic carbocycles. The maximum Gasteiger partial charge on any atom is 3.00 e. The van der Waals surface area contributed by atoms with Gasteiger partial charge in [0.25, 0.3) is 0 Å². The molecule has 0 amide bonds. The van der Waals surface area contributed by atoms with E-state index in [1.165, 1.54) is 0 Å². The summed E-state index contributed by atoms with van der Waals surface area (Å²) in [6.07, 6.45) is 0. The van der Waals surface area contributed by atoms with Gasteiger partial charge in [-0.2, -0.15) is 0 Å². The van der Waals surface area contributed by atoms with Crippen molar-refractivity contribution in [3.63, 3.8) is 0 Å². The van der Waals surface area contributed by atoms with E-state index in [4.69, 9.17) is 0 Å². The van der Waals surface area contributed by atoms with Crippen molar-refractivity contribution in [1.82, 2.24) is 0 Å². The SMILES string of the molecule is [K+].[La+3].[O-2].[O-2]. The van der Waals surface area contributed by atoms with E-state index in [0.29, 0.717) is 0 Å². The van der Waals surface area contributed by atoms with Crippen molar-refractivity contribution in [2.75, 3.05) is 0 Å². The van der Waals surface area contributed by atoms with Crippen LogP contribution in [0.4, 0.5) is 0 Å². The van der Waals surface area contributed by atoms with Crippen LogP contribution in [0, 0.1) is 35.6 Å². The van der Waals surface area contributed by atoms with Crippen molar-refractivity contribution in [3.8, 4) is 0 Å². The first-order valence-corrected chi connectivity index (χ1v) is 0. The van der Waals surface area contributed by atoms with Gasteiger partial charge in [-0.1, -0.05) is 0 Å². The Morgan fingerprint density at radius 1 is 0.750 bits per heavy atom. The summed E-state index contributed by atoms with van der Waals surface area (Å²) in [7, 11) is 0. The standard InChI is InChI=1S/K.La.2O/q+1;+3;2*-2. The Kier molecular flexibility index (Phi) is 127. The van der Waals surface area contributed by atoms with Gasteiger partial charge in [0.2, 0.25) is 0 Å². The molecule has 0 aromatic carbocycles. The molecule has 0 atom stereocenters. The first-order chi connectivity index (χ1) is 0. The molecule has 4 heteroatoms. The van der Waals surface area contributed by atoms with Gasteiger partial charge < -0.3 is 11.0 Å². The van der Waals surface area contributed by atoms with E-state index in [9.17, 15) is 0 Å². The number of hydrogen-bond donors (Lipinski definition) is 0. The van der Waals surface area contributed by atoms with Gasteiger partial charge in [0.05, 0.1) is 0 Å². The fraction of sp³-hybridized carbons (Fsp3) is 0. The fourth-order valence-corrected chi connectivity index (χ4v) is 0. The Hall–Kier alpha value is 2.75. The van der Waals surface area contributed by atoms with Gasteiger partial charge in [0.15, 0.2) is 0 Å². The summed E-state index contributed by atoms with van der Waals surface area (Å²) in [6, 6.07) is 0. The van der Waals surface area contributed by atoms with Crippen molar-refractivity contribution < 1.29 is 97.9 Å². The van der Waals surface area contributed by atoms with E-state index in [1.807, 2.05) is 0 Å². The van der Waals surface area contributed by atoms with E-state index in [0.717, 1.165) is 0 Å². The van der Waals surface area contributed by atoms with Crippen LogP contribution in [0.3, 0.4) is 0 Å². The van der Waals surface area contributed by atoms with E-state index in [2.05, 4.69) is 0 Å². The predicted molar refractivity (Wildman–Crippen MR) is 1.37 cm³/mol. The van der Waals surface area contributed by atoms with Crippen LogP contribution in [0.25, 0.3) is 0 Å². The van der Waals surface area contributed by atoms with E-state index < -0.39 is 0 Å². The predicted octanol–water partition coefficient (Wildman–Crippen LogP) is -3.23. The Balaban J connectivity index is 0. The molecule has 2 nitrogen and oxygen atoms in total. The Morgan fingerprint density at radius 2 is 0.750 bits per heavy atom. The number of hydrogen-bond acceptors (Lipinski definition) is 0. The molecule has 0 spiro atoms. The van der Waals surface area contributed by atoms with Crippen LogP contribution in [0.5, 0.6) is 0 Å². The second kappa shape index (κ2) is 17.2. The summed E-state index contributed by atoms with van der Waals surface area (Å²) in [5.74, 6) is 0. The first kappa shape index (κ1) is 29.5. The molecule has 0 rings (SSSR count). The summed E-state index contributed by atoms with van der Waals surface area (Å²) in [5.41, 5.74) is 0. The zero-order valence-electron chi connectivity index (χ0n) is 2.39. The average molecular weight is 210 g/mol. The van der Waals surface area contributed by atoms with E-state index in [1.54, 1.807) is 0 Å². The van der Waals surface area contributed by atoms with Crippen LogP contribution in [0.1, 0.15) is 0 Å². The third kappa shape index (κ3) is 8.83. The zero-order chi connectivity index (χ0) is 0. The minimum absolute atomic E-state index is 0. The fourth-order valence-electron chi connectivity index (χ4n) is 0. The summed E-state index contributed by atoms with van der Waals surface area (Å²) < 4.78 is 0. The third-order valence-electron chi connectivity index (χ3n) is 0. The topological polar surface area (TPSA) is 57.0 Å². The maximum absolute atomic E-state index is 0. The monoisotopic (exact) mass is 210 g/mol. The van der Waals surface area contributed by atoms with Crippen LogP contribution >= 0.6 is 0 Å². The molecule has 0 N–H and O–H groups in total. The molecular weight excluding hydrogens is 210 g/mol. The van der Waals surface area contributed by atoms with Crippen LogP contribution < -0.4 is 51.4 Å². The van der Waals surface area contributed by atoms with Crippen LogP contribution in [-0.4, -0.2) is 0 Å². The minimum atomic E-state index is 0. The molecule has 0 aromatic heterocycles. The van der Waals surface area contributed by atoms with Gasteiger partial charge >= 0.3 is 87.0 Å². The van der Waals surface area contributed by atoms with E-state index >= 15 is 0 Å². The quantitative estimate of drug-likeness (QED) is 0.377. The van der Waals surface area contributed by atoms with Gasteiger partial charge in [0, 0.05) is 0 Å². The number of rotatable bonds is 0. The normalized spacial score (nSPS) is 0. The van der Waals surface area contributed by atoms with Crippen molar-refractivity contribution >= 4 is 0 Å². The molecule has 0 fully saturated rings. The van der Waals surface area contributed by atoms with Crippen molar-refractivity contribution in [3.05, 3.63) is 0 Å². The van der Waals surface area contributed by atoms with Gasteiger partial charge in [-0.25, -0.2) is 0 Å². The summed E-state index contributed by atoms with van der Waals surface area (Å²) in [5, 5.41) is 0. The summed E-state index contributed by atoms with van der Waals surface area (Å²) >= 11 is 0. The molecule has 0 aromatic rings. The van der Waals surface area contributed by atoms with Crippen molar-refractivity contribution in [2.24, 2.45) is 0 Å². The Morgan fingerprint density at radius 3 is 0.750 bits per heavy atom. The molecule has 4 heavy (non-hydrogen) atoms. The second-order valence-electron chi connectivity index (χ2n) is 0. The second-order valence-corrected chi connectivity index (χ2v) is 0. The molecular formula is KLaO2. The molecule has 0 saturated heterocycles. The molecule has 0 heterocycles. The zero-order valence-corrected chi connectivity index (χ0v) is 9.14. The van der Waals surface area contributed by atoms with Crippen LogP contribution in [0.2, 0.25) is 0 Å². The van der Waals surface area contributed by atoms with Crippen LogP contribution in [0.15, 0.2) is 0 Å². The average Bonchev–Trinajstić information content (AvgIpc) is 0. The first-order valence-electron chi connectivity index (χ1n) is 0.